The van der Waals surface area contributed by atoms with E-state index in [0.29, 0.717) is 5.16 Å². The molecular formula is C8H10F3N3O2S. The normalized spacial score (nSPS) is 11.8. The quantitative estimate of drug-likeness (QED) is 0.820. The van der Waals surface area contributed by atoms with Crippen LogP contribution < -0.4 is 0 Å². The minimum Gasteiger partial charge on any atom is -0.481 e. The number of aryl methyl sites for hydroxylation is 1. The van der Waals surface area contributed by atoms with Crippen molar-refractivity contribution >= 4 is 17.7 Å². The molecule has 0 saturated carbocycles. The standard InChI is InChI=1S/C8H10F3N3O2S/c1-14-5(2-3-8(9,10)11)12-13-7(14)17-4-6(15)16/h2-4H2,1H3,(H,15,16). The first-order chi connectivity index (χ1) is 7.79. The number of carboxylic acids is 1. The molecule has 0 amide bonds. The van der Waals surface area contributed by atoms with Crippen molar-refractivity contribution in [2.45, 2.75) is 24.2 Å². The van der Waals surface area contributed by atoms with Gasteiger partial charge < -0.3 is 9.67 Å². The van der Waals surface area contributed by atoms with Crippen molar-refractivity contribution in [2.75, 3.05) is 5.75 Å². The van der Waals surface area contributed by atoms with E-state index in [1.807, 2.05) is 0 Å². The Morgan fingerprint density at radius 3 is 2.65 bits per heavy atom. The summed E-state index contributed by atoms with van der Waals surface area (Å²) in [6.45, 7) is 0. The van der Waals surface area contributed by atoms with Crippen LogP contribution in [0.5, 0.6) is 0 Å². The lowest BCUT2D eigenvalue weighted by Crippen LogP contribution is -2.11. The van der Waals surface area contributed by atoms with Gasteiger partial charge in [0.05, 0.1) is 12.2 Å². The summed E-state index contributed by atoms with van der Waals surface area (Å²) < 4.78 is 37.4. The summed E-state index contributed by atoms with van der Waals surface area (Å²) in [5.74, 6) is -1.03. The van der Waals surface area contributed by atoms with Crippen LogP contribution in [-0.2, 0) is 18.3 Å². The smallest absolute Gasteiger partial charge is 0.389 e. The Hall–Kier alpha value is -1.25. The van der Waals surface area contributed by atoms with Crippen LogP contribution in [0.1, 0.15) is 12.2 Å². The van der Waals surface area contributed by atoms with Crippen molar-refractivity contribution in [1.29, 1.82) is 0 Å². The minimum absolute atomic E-state index is 0.190. The molecule has 0 aliphatic carbocycles. The molecule has 0 fully saturated rings. The molecule has 0 bridgehead atoms. The number of carboxylic acid groups (broad SMARTS) is 1. The van der Waals surface area contributed by atoms with Gasteiger partial charge in [-0.05, 0) is 0 Å². The lowest BCUT2D eigenvalue weighted by atomic mass is 10.3. The summed E-state index contributed by atoms with van der Waals surface area (Å²) in [4.78, 5) is 10.3. The SMILES string of the molecule is Cn1c(CCC(F)(F)F)nnc1SCC(=O)O. The third-order valence-corrected chi connectivity index (χ3v) is 2.89. The summed E-state index contributed by atoms with van der Waals surface area (Å²) in [6, 6.07) is 0. The van der Waals surface area contributed by atoms with Gasteiger partial charge in [-0.2, -0.15) is 13.2 Å². The van der Waals surface area contributed by atoms with E-state index in [1.165, 1.54) is 11.6 Å². The Labute approximate surface area is 99.0 Å². The molecule has 0 saturated heterocycles. The number of hydrogen-bond donors (Lipinski definition) is 1. The molecule has 1 aromatic heterocycles. The van der Waals surface area contributed by atoms with Gasteiger partial charge in [0.1, 0.15) is 5.82 Å². The molecule has 1 heterocycles. The van der Waals surface area contributed by atoms with E-state index in [2.05, 4.69) is 10.2 Å². The highest BCUT2D eigenvalue weighted by atomic mass is 32.2. The zero-order chi connectivity index (χ0) is 13.1. The van der Waals surface area contributed by atoms with Crippen molar-refractivity contribution in [3.05, 3.63) is 5.82 Å². The molecule has 0 radical (unpaired) electrons. The molecule has 1 N–H and O–H groups in total. The van der Waals surface area contributed by atoms with E-state index >= 15 is 0 Å². The van der Waals surface area contributed by atoms with Crippen LogP contribution in [-0.4, -0.2) is 37.8 Å². The van der Waals surface area contributed by atoms with Gasteiger partial charge in [-0.1, -0.05) is 11.8 Å². The first-order valence-corrected chi connectivity index (χ1v) is 5.58. The molecule has 0 aliphatic rings. The van der Waals surface area contributed by atoms with Gasteiger partial charge in [-0.25, -0.2) is 0 Å². The van der Waals surface area contributed by atoms with Gasteiger partial charge >= 0.3 is 12.1 Å². The second-order valence-corrected chi connectivity index (χ2v) is 4.20. The number of aliphatic carboxylic acids is 1. The highest BCUT2D eigenvalue weighted by molar-refractivity contribution is 7.99. The number of thioether (sulfide) groups is 1. The van der Waals surface area contributed by atoms with E-state index in [9.17, 15) is 18.0 Å². The molecule has 5 nitrogen and oxygen atoms in total. The topological polar surface area (TPSA) is 68.0 Å². The third-order valence-electron chi connectivity index (χ3n) is 1.88. The number of nitrogens with zero attached hydrogens (tertiary/aromatic N) is 3. The highest BCUT2D eigenvalue weighted by Gasteiger charge is 2.27. The molecule has 1 aromatic rings. The van der Waals surface area contributed by atoms with Crippen molar-refractivity contribution in [1.82, 2.24) is 14.8 Å². The summed E-state index contributed by atoms with van der Waals surface area (Å²) >= 11 is 0.918. The molecule has 0 unspecified atom stereocenters. The van der Waals surface area contributed by atoms with Gasteiger partial charge in [0.2, 0.25) is 0 Å². The Morgan fingerprint density at radius 1 is 1.47 bits per heavy atom. The molecule has 0 atom stereocenters. The number of hydrogen-bond acceptors (Lipinski definition) is 4. The van der Waals surface area contributed by atoms with Gasteiger partial charge in [0.25, 0.3) is 0 Å². The fourth-order valence-electron chi connectivity index (χ4n) is 1.07. The van der Waals surface area contributed by atoms with E-state index < -0.39 is 18.6 Å². The van der Waals surface area contributed by atoms with Gasteiger partial charge in [0.15, 0.2) is 5.16 Å². The van der Waals surface area contributed by atoms with Crippen molar-refractivity contribution in [3.63, 3.8) is 0 Å². The monoisotopic (exact) mass is 269 g/mol. The van der Waals surface area contributed by atoms with Crippen LogP contribution in [0.25, 0.3) is 0 Å². The van der Waals surface area contributed by atoms with Crippen molar-refractivity contribution < 1.29 is 23.1 Å². The lowest BCUT2D eigenvalue weighted by molar-refractivity contribution is -0.135. The number of aromatic nitrogens is 3. The van der Waals surface area contributed by atoms with Gasteiger partial charge in [-0.3, -0.25) is 4.79 Å². The molecule has 9 heteroatoms. The first-order valence-electron chi connectivity index (χ1n) is 4.59. The predicted molar refractivity (Wildman–Crippen MR) is 53.7 cm³/mol. The minimum atomic E-state index is -4.24. The van der Waals surface area contributed by atoms with E-state index in [0.717, 1.165) is 11.8 Å². The Morgan fingerprint density at radius 2 is 2.12 bits per heavy atom. The number of rotatable bonds is 5. The molecular weight excluding hydrogens is 259 g/mol. The number of halogens is 3. The van der Waals surface area contributed by atoms with Crippen molar-refractivity contribution in [3.8, 4) is 0 Å². The predicted octanol–water partition coefficient (Wildman–Crippen LogP) is 1.49. The fourth-order valence-corrected chi connectivity index (χ4v) is 1.72. The Balaban J connectivity index is 2.61. The summed E-state index contributed by atoms with van der Waals surface area (Å²) in [7, 11) is 1.51. The average molecular weight is 269 g/mol. The fraction of sp³-hybridized carbons (Fsp3) is 0.625. The third kappa shape index (κ3) is 4.63. The zero-order valence-corrected chi connectivity index (χ0v) is 9.68. The maximum atomic E-state index is 12.0. The molecule has 0 aliphatic heterocycles. The van der Waals surface area contributed by atoms with Crippen LogP contribution in [0.3, 0.4) is 0 Å². The molecule has 96 valence electrons. The number of carbonyl (C=O) groups is 1. The zero-order valence-electron chi connectivity index (χ0n) is 8.86. The van der Waals surface area contributed by atoms with E-state index in [4.69, 9.17) is 5.11 Å². The van der Waals surface area contributed by atoms with E-state index in [-0.39, 0.29) is 18.0 Å². The largest absolute Gasteiger partial charge is 0.481 e. The summed E-state index contributed by atoms with van der Waals surface area (Å²) in [5.41, 5.74) is 0. The average Bonchev–Trinajstić information content (AvgIpc) is 2.52. The Kier molecular flexibility index (Phi) is 4.38. The van der Waals surface area contributed by atoms with Crippen LogP contribution in [0, 0.1) is 0 Å². The molecule has 17 heavy (non-hydrogen) atoms. The maximum Gasteiger partial charge on any atom is 0.389 e. The van der Waals surface area contributed by atoms with Gasteiger partial charge in [-0.15, -0.1) is 10.2 Å². The Bertz CT molecular complexity index is 405. The van der Waals surface area contributed by atoms with Crippen LogP contribution in [0.4, 0.5) is 13.2 Å². The summed E-state index contributed by atoms with van der Waals surface area (Å²) in [5, 5.41) is 16.0. The highest BCUT2D eigenvalue weighted by Crippen LogP contribution is 2.22. The van der Waals surface area contributed by atoms with Crippen LogP contribution >= 0.6 is 11.8 Å². The van der Waals surface area contributed by atoms with Gasteiger partial charge in [0, 0.05) is 13.5 Å². The molecule has 0 aromatic carbocycles. The first kappa shape index (κ1) is 13.8. The molecule has 1 rings (SSSR count). The van der Waals surface area contributed by atoms with Crippen molar-refractivity contribution in [2.24, 2.45) is 7.05 Å². The summed E-state index contributed by atoms with van der Waals surface area (Å²) in [6.07, 6.45) is -5.47. The lowest BCUT2D eigenvalue weighted by Gasteiger charge is -2.05. The number of alkyl halides is 3. The maximum absolute atomic E-state index is 12.0. The van der Waals surface area contributed by atoms with Crippen LogP contribution in [0.15, 0.2) is 5.16 Å². The van der Waals surface area contributed by atoms with Crippen LogP contribution in [0.2, 0.25) is 0 Å². The van der Waals surface area contributed by atoms with E-state index in [1.54, 1.807) is 0 Å². The molecule has 0 spiro atoms. The second kappa shape index (κ2) is 5.39. The second-order valence-electron chi connectivity index (χ2n) is 3.26.